The van der Waals surface area contributed by atoms with Gasteiger partial charge in [-0.15, -0.1) is 0 Å². The molecule has 100 valence electrons. The molecule has 0 unspecified atom stereocenters. The highest BCUT2D eigenvalue weighted by atomic mass is 79.9. The lowest BCUT2D eigenvalue weighted by atomic mass is 10.1. The SMILES string of the molecule is CCc1cccc(C)c1NCc1ccc(Cl)c(Br)c1. The fraction of sp³-hybridized carbons (Fsp3) is 0.250. The molecule has 0 aliphatic rings. The molecule has 2 aromatic carbocycles. The molecule has 0 radical (unpaired) electrons. The molecule has 1 nitrogen and oxygen atoms in total. The fourth-order valence-electron chi connectivity index (χ4n) is 2.12. The standard InChI is InChI=1S/C16H17BrClN/c1-3-13-6-4-5-11(2)16(13)19-10-12-7-8-15(18)14(17)9-12/h4-9,19H,3,10H2,1-2H3. The van der Waals surface area contributed by atoms with Crippen LogP contribution >= 0.6 is 27.5 Å². The van der Waals surface area contributed by atoms with Crippen molar-refractivity contribution in [3.8, 4) is 0 Å². The third kappa shape index (κ3) is 3.52. The number of hydrogen-bond acceptors (Lipinski definition) is 1. The number of aryl methyl sites for hydroxylation is 2. The summed E-state index contributed by atoms with van der Waals surface area (Å²) in [6.07, 6.45) is 1.04. The van der Waals surface area contributed by atoms with E-state index in [0.717, 1.165) is 22.5 Å². The van der Waals surface area contributed by atoms with Crippen molar-refractivity contribution in [1.29, 1.82) is 0 Å². The largest absolute Gasteiger partial charge is 0.381 e. The van der Waals surface area contributed by atoms with Crippen molar-refractivity contribution in [2.75, 3.05) is 5.32 Å². The highest BCUT2D eigenvalue weighted by Gasteiger charge is 2.04. The molecule has 0 saturated heterocycles. The maximum atomic E-state index is 6.00. The Morgan fingerprint density at radius 2 is 2.00 bits per heavy atom. The van der Waals surface area contributed by atoms with Crippen LogP contribution in [0.4, 0.5) is 5.69 Å². The summed E-state index contributed by atoms with van der Waals surface area (Å²) >= 11 is 9.46. The van der Waals surface area contributed by atoms with Gasteiger partial charge in [-0.1, -0.05) is 42.8 Å². The van der Waals surface area contributed by atoms with Crippen LogP contribution in [0.25, 0.3) is 0 Å². The van der Waals surface area contributed by atoms with Crippen molar-refractivity contribution in [2.24, 2.45) is 0 Å². The fourth-order valence-corrected chi connectivity index (χ4v) is 2.66. The number of hydrogen-bond donors (Lipinski definition) is 1. The summed E-state index contributed by atoms with van der Waals surface area (Å²) in [5.74, 6) is 0. The van der Waals surface area contributed by atoms with Crippen molar-refractivity contribution >= 4 is 33.2 Å². The van der Waals surface area contributed by atoms with Crippen molar-refractivity contribution in [3.05, 3.63) is 62.6 Å². The Balaban J connectivity index is 2.16. The Morgan fingerprint density at radius 3 is 2.68 bits per heavy atom. The number of anilines is 1. The second kappa shape index (κ2) is 6.44. The molecular weight excluding hydrogens is 322 g/mol. The summed E-state index contributed by atoms with van der Waals surface area (Å²) in [5, 5.41) is 4.28. The number of halogens is 2. The van der Waals surface area contributed by atoms with Crippen LogP contribution < -0.4 is 5.32 Å². The average molecular weight is 339 g/mol. The Labute approximate surface area is 128 Å². The van der Waals surface area contributed by atoms with Gasteiger partial charge >= 0.3 is 0 Å². The Bertz CT molecular complexity index is 581. The summed E-state index contributed by atoms with van der Waals surface area (Å²) in [7, 11) is 0. The average Bonchev–Trinajstić information content (AvgIpc) is 2.41. The zero-order valence-electron chi connectivity index (χ0n) is 11.1. The van der Waals surface area contributed by atoms with E-state index >= 15 is 0 Å². The molecule has 0 aliphatic carbocycles. The zero-order valence-corrected chi connectivity index (χ0v) is 13.5. The van der Waals surface area contributed by atoms with E-state index in [9.17, 15) is 0 Å². The van der Waals surface area contributed by atoms with E-state index in [1.165, 1.54) is 22.4 Å². The molecule has 0 heterocycles. The number of benzene rings is 2. The zero-order chi connectivity index (χ0) is 13.8. The lowest BCUT2D eigenvalue weighted by molar-refractivity contribution is 1.08. The topological polar surface area (TPSA) is 12.0 Å². The highest BCUT2D eigenvalue weighted by molar-refractivity contribution is 9.10. The molecule has 1 N–H and O–H groups in total. The lowest BCUT2D eigenvalue weighted by Crippen LogP contribution is -2.04. The van der Waals surface area contributed by atoms with Crippen LogP contribution in [0.5, 0.6) is 0 Å². The predicted molar refractivity (Wildman–Crippen MR) is 87.0 cm³/mol. The molecule has 0 bridgehead atoms. The van der Waals surface area contributed by atoms with Gasteiger partial charge in [-0.3, -0.25) is 0 Å². The van der Waals surface area contributed by atoms with Gasteiger partial charge in [0.25, 0.3) is 0 Å². The van der Waals surface area contributed by atoms with Crippen molar-refractivity contribution in [2.45, 2.75) is 26.8 Å². The summed E-state index contributed by atoms with van der Waals surface area (Å²) in [4.78, 5) is 0. The van der Waals surface area contributed by atoms with Gasteiger partial charge in [0.05, 0.1) is 5.02 Å². The number of nitrogens with one attached hydrogen (secondary N) is 1. The summed E-state index contributed by atoms with van der Waals surface area (Å²) in [6.45, 7) is 5.12. The molecule has 0 amide bonds. The molecule has 19 heavy (non-hydrogen) atoms. The van der Waals surface area contributed by atoms with Crippen LogP contribution in [0, 0.1) is 6.92 Å². The maximum Gasteiger partial charge on any atom is 0.0548 e. The smallest absolute Gasteiger partial charge is 0.0548 e. The van der Waals surface area contributed by atoms with E-state index in [1.807, 2.05) is 12.1 Å². The number of rotatable bonds is 4. The Kier molecular flexibility index (Phi) is 4.89. The molecule has 0 spiro atoms. The molecule has 0 aliphatic heterocycles. The monoisotopic (exact) mass is 337 g/mol. The minimum Gasteiger partial charge on any atom is -0.381 e. The van der Waals surface area contributed by atoms with Gasteiger partial charge in [-0.25, -0.2) is 0 Å². The van der Waals surface area contributed by atoms with Crippen LogP contribution in [-0.4, -0.2) is 0 Å². The van der Waals surface area contributed by atoms with Gasteiger partial charge in [0.15, 0.2) is 0 Å². The Hall–Kier alpha value is -0.990. The van der Waals surface area contributed by atoms with Gasteiger partial charge < -0.3 is 5.32 Å². The van der Waals surface area contributed by atoms with Gasteiger partial charge in [0.2, 0.25) is 0 Å². The van der Waals surface area contributed by atoms with Gasteiger partial charge in [0.1, 0.15) is 0 Å². The molecular formula is C16H17BrClN. The third-order valence-electron chi connectivity index (χ3n) is 3.19. The van der Waals surface area contributed by atoms with Crippen molar-refractivity contribution < 1.29 is 0 Å². The van der Waals surface area contributed by atoms with E-state index in [1.54, 1.807) is 0 Å². The first-order valence-electron chi connectivity index (χ1n) is 6.38. The van der Waals surface area contributed by atoms with Gasteiger partial charge in [-0.2, -0.15) is 0 Å². The van der Waals surface area contributed by atoms with E-state index in [4.69, 9.17) is 11.6 Å². The first kappa shape index (κ1) is 14.4. The lowest BCUT2D eigenvalue weighted by Gasteiger charge is -2.14. The molecule has 0 saturated carbocycles. The minimum absolute atomic E-state index is 0.744. The molecule has 2 rings (SSSR count). The molecule has 3 heteroatoms. The van der Waals surface area contributed by atoms with Crippen LogP contribution in [0.15, 0.2) is 40.9 Å². The normalized spacial score (nSPS) is 10.5. The number of para-hydroxylation sites is 1. The summed E-state index contributed by atoms with van der Waals surface area (Å²) in [5.41, 5.74) is 5.10. The van der Waals surface area contributed by atoms with Crippen LogP contribution in [0.2, 0.25) is 5.02 Å². The second-order valence-corrected chi connectivity index (χ2v) is 5.83. The molecule has 0 atom stereocenters. The summed E-state index contributed by atoms with van der Waals surface area (Å²) < 4.78 is 0.939. The van der Waals surface area contributed by atoms with E-state index in [-0.39, 0.29) is 0 Å². The van der Waals surface area contributed by atoms with Gasteiger partial charge in [-0.05, 0) is 58.1 Å². The van der Waals surface area contributed by atoms with E-state index < -0.39 is 0 Å². The van der Waals surface area contributed by atoms with Crippen molar-refractivity contribution in [1.82, 2.24) is 0 Å². The van der Waals surface area contributed by atoms with Gasteiger partial charge in [0, 0.05) is 16.7 Å². The van der Waals surface area contributed by atoms with Crippen LogP contribution in [-0.2, 0) is 13.0 Å². The highest BCUT2D eigenvalue weighted by Crippen LogP contribution is 2.25. The first-order valence-corrected chi connectivity index (χ1v) is 7.55. The molecule has 0 fully saturated rings. The van der Waals surface area contributed by atoms with E-state index in [0.29, 0.717) is 0 Å². The second-order valence-electron chi connectivity index (χ2n) is 4.56. The quantitative estimate of drug-likeness (QED) is 0.766. The van der Waals surface area contributed by atoms with E-state index in [2.05, 4.69) is 59.4 Å². The van der Waals surface area contributed by atoms with Crippen LogP contribution in [0.3, 0.4) is 0 Å². The predicted octanol–water partition coefficient (Wildman–Crippen LogP) is 5.59. The maximum absolute atomic E-state index is 6.00. The molecule has 0 aromatic heterocycles. The minimum atomic E-state index is 0.744. The molecule has 2 aromatic rings. The first-order chi connectivity index (χ1) is 9.11. The van der Waals surface area contributed by atoms with Crippen LogP contribution in [0.1, 0.15) is 23.6 Å². The summed E-state index contributed by atoms with van der Waals surface area (Å²) in [6, 6.07) is 12.4. The third-order valence-corrected chi connectivity index (χ3v) is 4.41. The van der Waals surface area contributed by atoms with Crippen molar-refractivity contribution in [3.63, 3.8) is 0 Å². The Morgan fingerprint density at radius 1 is 1.21 bits per heavy atom.